The van der Waals surface area contributed by atoms with Crippen LogP contribution in [-0.4, -0.2) is 44.6 Å². The molecule has 1 fully saturated rings. The quantitative estimate of drug-likeness (QED) is 0.873. The van der Waals surface area contributed by atoms with E-state index in [4.69, 9.17) is 5.73 Å². The summed E-state index contributed by atoms with van der Waals surface area (Å²) in [7, 11) is -3.41. The zero-order chi connectivity index (χ0) is 17.4. The molecule has 1 aromatic carbocycles. The fraction of sp³-hybridized carbons (Fsp3) is 0.611. The first kappa shape index (κ1) is 17.4. The third-order valence-corrected chi connectivity index (χ3v) is 7.13. The van der Waals surface area contributed by atoms with Crippen molar-refractivity contribution < 1.29 is 13.2 Å². The zero-order valence-corrected chi connectivity index (χ0v) is 15.1. The van der Waals surface area contributed by atoms with Crippen LogP contribution < -0.4 is 5.73 Å². The predicted molar refractivity (Wildman–Crippen MR) is 93.5 cm³/mol. The number of fused-ring (bicyclic) bond motifs is 1. The summed E-state index contributed by atoms with van der Waals surface area (Å²) in [6, 6.07) is 5.40. The van der Waals surface area contributed by atoms with E-state index < -0.39 is 9.84 Å². The molecule has 132 valence electrons. The summed E-state index contributed by atoms with van der Waals surface area (Å²) in [6.07, 6.45) is 3.99. The van der Waals surface area contributed by atoms with E-state index in [1.54, 1.807) is 17.0 Å². The van der Waals surface area contributed by atoms with Gasteiger partial charge in [0.1, 0.15) is 0 Å². The summed E-state index contributed by atoms with van der Waals surface area (Å²) in [4.78, 5) is 14.4. The van der Waals surface area contributed by atoms with E-state index in [1.165, 1.54) is 5.56 Å². The van der Waals surface area contributed by atoms with Crippen LogP contribution in [-0.2, 0) is 27.5 Å². The lowest BCUT2D eigenvalue weighted by Crippen LogP contribution is -2.35. The van der Waals surface area contributed by atoms with Gasteiger partial charge in [-0.15, -0.1) is 0 Å². The summed E-state index contributed by atoms with van der Waals surface area (Å²) in [5, 5.41) is 0. The first-order valence-corrected chi connectivity index (χ1v) is 10.3. The molecule has 1 atom stereocenters. The standard InChI is InChI=1S/C18H26N2O3S/c1-18(12-19)8-9-20(13-18)17(21)7-10-24(22,23)16-6-5-14-3-2-4-15(14)11-16/h5-6,11H,2-4,7-10,12-13,19H2,1H3. The number of nitrogens with two attached hydrogens (primary N) is 1. The summed E-state index contributed by atoms with van der Waals surface area (Å²) in [5.74, 6) is -0.211. The number of sulfone groups is 1. The molecular weight excluding hydrogens is 324 g/mol. The number of carbonyl (C=O) groups is 1. The Morgan fingerprint density at radius 3 is 2.75 bits per heavy atom. The summed E-state index contributed by atoms with van der Waals surface area (Å²) >= 11 is 0. The molecule has 1 aliphatic heterocycles. The maximum Gasteiger partial charge on any atom is 0.223 e. The molecule has 0 saturated carbocycles. The highest BCUT2D eigenvalue weighted by Crippen LogP contribution is 2.29. The average Bonchev–Trinajstić information content (AvgIpc) is 3.19. The van der Waals surface area contributed by atoms with Gasteiger partial charge in [0.15, 0.2) is 9.84 Å². The highest BCUT2D eigenvalue weighted by atomic mass is 32.2. The lowest BCUT2D eigenvalue weighted by atomic mass is 9.90. The zero-order valence-electron chi connectivity index (χ0n) is 14.3. The van der Waals surface area contributed by atoms with Gasteiger partial charge < -0.3 is 10.6 Å². The van der Waals surface area contributed by atoms with E-state index >= 15 is 0 Å². The van der Waals surface area contributed by atoms with Gasteiger partial charge in [-0.05, 0) is 60.9 Å². The number of rotatable bonds is 5. The molecule has 0 radical (unpaired) electrons. The fourth-order valence-corrected chi connectivity index (χ4v) is 4.92. The van der Waals surface area contributed by atoms with Crippen LogP contribution in [0.5, 0.6) is 0 Å². The molecule has 1 aliphatic carbocycles. The topological polar surface area (TPSA) is 80.5 Å². The summed E-state index contributed by atoms with van der Waals surface area (Å²) < 4.78 is 25.1. The molecule has 1 amide bonds. The van der Waals surface area contributed by atoms with Gasteiger partial charge in [-0.1, -0.05) is 13.0 Å². The number of hydrogen-bond donors (Lipinski definition) is 1. The van der Waals surface area contributed by atoms with Crippen LogP contribution in [0, 0.1) is 5.41 Å². The summed E-state index contributed by atoms with van der Waals surface area (Å²) in [6.45, 7) is 3.92. The van der Waals surface area contributed by atoms with Gasteiger partial charge in [0, 0.05) is 19.5 Å². The summed E-state index contributed by atoms with van der Waals surface area (Å²) in [5.41, 5.74) is 8.12. The van der Waals surface area contributed by atoms with Gasteiger partial charge in [-0.25, -0.2) is 8.42 Å². The fourth-order valence-electron chi connectivity index (χ4n) is 3.64. The Labute approximate surface area is 144 Å². The Morgan fingerprint density at radius 2 is 2.04 bits per heavy atom. The van der Waals surface area contributed by atoms with Crippen molar-refractivity contribution >= 4 is 15.7 Å². The molecule has 3 rings (SSSR count). The van der Waals surface area contributed by atoms with Crippen molar-refractivity contribution in [2.45, 2.75) is 43.9 Å². The molecule has 2 N–H and O–H groups in total. The number of carbonyl (C=O) groups excluding carboxylic acids is 1. The third-order valence-electron chi connectivity index (χ3n) is 5.42. The molecule has 1 unspecified atom stereocenters. The molecule has 0 bridgehead atoms. The minimum Gasteiger partial charge on any atom is -0.342 e. The predicted octanol–water partition coefficient (Wildman–Crippen LogP) is 1.54. The van der Waals surface area contributed by atoms with Crippen LogP contribution in [0.1, 0.15) is 37.3 Å². The van der Waals surface area contributed by atoms with Gasteiger partial charge in [-0.3, -0.25) is 4.79 Å². The second kappa shape index (κ2) is 6.48. The monoisotopic (exact) mass is 350 g/mol. The minimum atomic E-state index is -3.41. The van der Waals surface area contributed by atoms with Crippen LogP contribution in [0.25, 0.3) is 0 Å². The molecule has 5 nitrogen and oxygen atoms in total. The number of likely N-dealkylation sites (tertiary alicyclic amines) is 1. The SMILES string of the molecule is CC1(CN)CCN(C(=O)CCS(=O)(=O)c2ccc3c(c2)CCC3)C1. The van der Waals surface area contributed by atoms with Gasteiger partial charge in [-0.2, -0.15) is 0 Å². The Hall–Kier alpha value is -1.40. The van der Waals surface area contributed by atoms with Crippen LogP contribution >= 0.6 is 0 Å². The molecule has 24 heavy (non-hydrogen) atoms. The first-order valence-electron chi connectivity index (χ1n) is 8.65. The van der Waals surface area contributed by atoms with E-state index in [9.17, 15) is 13.2 Å². The van der Waals surface area contributed by atoms with Crippen molar-refractivity contribution in [2.75, 3.05) is 25.4 Å². The van der Waals surface area contributed by atoms with E-state index in [2.05, 4.69) is 6.92 Å². The maximum absolute atomic E-state index is 12.5. The molecular formula is C18H26N2O3S. The highest BCUT2D eigenvalue weighted by Gasteiger charge is 2.35. The Morgan fingerprint density at radius 1 is 1.29 bits per heavy atom. The van der Waals surface area contributed by atoms with Crippen molar-refractivity contribution in [3.63, 3.8) is 0 Å². The van der Waals surface area contributed by atoms with Crippen molar-refractivity contribution in [1.82, 2.24) is 4.90 Å². The number of benzene rings is 1. The largest absolute Gasteiger partial charge is 0.342 e. The Balaban J connectivity index is 1.62. The molecule has 1 saturated heterocycles. The van der Waals surface area contributed by atoms with Crippen LogP contribution in [0.2, 0.25) is 0 Å². The highest BCUT2D eigenvalue weighted by molar-refractivity contribution is 7.91. The molecule has 0 spiro atoms. The van der Waals surface area contributed by atoms with E-state index in [-0.39, 0.29) is 23.5 Å². The second-order valence-electron chi connectivity index (χ2n) is 7.43. The Bertz CT molecular complexity index is 745. The normalized spacial score (nSPS) is 23.5. The second-order valence-corrected chi connectivity index (χ2v) is 9.54. The first-order chi connectivity index (χ1) is 11.3. The molecule has 1 heterocycles. The lowest BCUT2D eigenvalue weighted by molar-refractivity contribution is -0.130. The third kappa shape index (κ3) is 3.49. The maximum atomic E-state index is 12.5. The van der Waals surface area contributed by atoms with Gasteiger partial charge >= 0.3 is 0 Å². The molecule has 0 aromatic heterocycles. The number of aryl methyl sites for hydroxylation is 2. The van der Waals surface area contributed by atoms with Crippen molar-refractivity contribution in [3.05, 3.63) is 29.3 Å². The van der Waals surface area contributed by atoms with Gasteiger partial charge in [0.05, 0.1) is 10.6 Å². The van der Waals surface area contributed by atoms with Crippen molar-refractivity contribution in [2.24, 2.45) is 11.1 Å². The smallest absolute Gasteiger partial charge is 0.223 e. The van der Waals surface area contributed by atoms with Gasteiger partial charge in [0.2, 0.25) is 5.91 Å². The average molecular weight is 350 g/mol. The number of hydrogen-bond acceptors (Lipinski definition) is 4. The number of nitrogens with zero attached hydrogens (tertiary/aromatic N) is 1. The molecule has 6 heteroatoms. The molecule has 1 aromatic rings. The molecule has 2 aliphatic rings. The van der Waals surface area contributed by atoms with Crippen LogP contribution in [0.15, 0.2) is 23.1 Å². The van der Waals surface area contributed by atoms with Crippen molar-refractivity contribution in [1.29, 1.82) is 0 Å². The minimum absolute atomic E-state index is 0.0332. The number of amides is 1. The Kier molecular flexibility index (Phi) is 4.71. The van der Waals surface area contributed by atoms with E-state index in [0.29, 0.717) is 24.5 Å². The van der Waals surface area contributed by atoms with Gasteiger partial charge in [0.25, 0.3) is 0 Å². The van der Waals surface area contributed by atoms with E-state index in [1.807, 2.05) is 6.07 Å². The van der Waals surface area contributed by atoms with Crippen molar-refractivity contribution in [3.8, 4) is 0 Å². The van der Waals surface area contributed by atoms with E-state index in [0.717, 1.165) is 31.2 Å². The lowest BCUT2D eigenvalue weighted by Gasteiger charge is -2.22. The van der Waals surface area contributed by atoms with Crippen LogP contribution in [0.3, 0.4) is 0 Å². The van der Waals surface area contributed by atoms with Crippen LogP contribution in [0.4, 0.5) is 0 Å².